The third-order valence-corrected chi connectivity index (χ3v) is 6.24. The molecule has 0 saturated heterocycles. The van der Waals surface area contributed by atoms with Gasteiger partial charge in [-0.15, -0.1) is 0 Å². The molecule has 216 valence electrons. The third kappa shape index (κ3) is 8.20. The maximum atomic E-state index is 13.2. The Hall–Kier alpha value is -4.10. The summed E-state index contributed by atoms with van der Waals surface area (Å²) in [5, 5.41) is 4.79. The molecule has 1 aliphatic heterocycles. The van der Waals surface area contributed by atoms with Crippen LogP contribution in [0.3, 0.4) is 0 Å². The van der Waals surface area contributed by atoms with Gasteiger partial charge in [0, 0.05) is 35.8 Å². The van der Waals surface area contributed by atoms with E-state index in [9.17, 15) is 40.7 Å². The highest BCUT2D eigenvalue weighted by atomic mass is 19.4. The molecule has 0 radical (unpaired) electrons. The van der Waals surface area contributed by atoms with E-state index in [4.69, 9.17) is 10.5 Å². The number of rotatable bonds is 10. The first-order valence-corrected chi connectivity index (χ1v) is 12.0. The molecule has 0 spiro atoms. The molecule has 14 heteroatoms. The number of ether oxygens (including phenoxy) is 1. The first-order chi connectivity index (χ1) is 18.7. The molecule has 3 rings (SSSR count). The highest BCUT2D eigenvalue weighted by Crippen LogP contribution is 2.33. The van der Waals surface area contributed by atoms with Crippen LogP contribution in [0.2, 0.25) is 0 Å². The fourth-order valence-electron chi connectivity index (χ4n) is 4.27. The Morgan fingerprint density at radius 1 is 1.00 bits per heavy atom. The van der Waals surface area contributed by atoms with Gasteiger partial charge in [0.2, 0.25) is 18.0 Å². The quantitative estimate of drug-likeness (QED) is 0.367. The van der Waals surface area contributed by atoms with Crippen molar-refractivity contribution in [1.29, 1.82) is 0 Å². The molecule has 1 heterocycles. The number of carbonyl (C=O) groups excluding carboxylic acids is 3. The first kappa shape index (κ1) is 30.4. The van der Waals surface area contributed by atoms with Gasteiger partial charge < -0.3 is 21.1 Å². The molecule has 1 aliphatic rings. The molecule has 0 aliphatic carbocycles. The maximum absolute atomic E-state index is 13.2. The lowest BCUT2D eigenvalue weighted by molar-refractivity contribution is -0.152. The van der Waals surface area contributed by atoms with Gasteiger partial charge in [-0.25, -0.2) is 4.99 Å². The molecule has 0 fully saturated rings. The number of carbonyl (C=O) groups is 3. The Bertz CT molecular complexity index is 1260. The van der Waals surface area contributed by atoms with Crippen molar-refractivity contribution < 1.29 is 45.5 Å². The number of fused-ring (bicyclic) bond motifs is 1. The first-order valence-electron chi connectivity index (χ1n) is 12.0. The SMILES string of the molecule is COc1ccc2c(c1)C(c1ccccc1)=N[C@H](NC(=O)[C@H](CCC(F)(F)F)[C@H](CCC(F)(F)F)C(N)=O)C(=O)N2. The zero-order valence-corrected chi connectivity index (χ0v) is 21.1. The topological polar surface area (TPSA) is 123 Å². The Morgan fingerprint density at radius 3 is 2.15 bits per heavy atom. The van der Waals surface area contributed by atoms with E-state index in [2.05, 4.69) is 15.6 Å². The standard InChI is InChI=1S/C26H26F6N4O4/c1-40-15-7-8-19-18(13-15)20(14-5-3-2-4-6-14)35-22(24(39)34-19)36-23(38)17(10-12-26(30,31)32)16(21(33)37)9-11-25(27,28)29/h2-8,13,16-17,22H,9-12H2,1H3,(H2,33,37)(H,34,39)(H,36,38)/t16-,17+,22+/m0/s1. The molecule has 3 atom stereocenters. The lowest BCUT2D eigenvalue weighted by atomic mass is 9.83. The van der Waals surface area contributed by atoms with Crippen LogP contribution in [0.1, 0.15) is 36.8 Å². The van der Waals surface area contributed by atoms with Crippen molar-refractivity contribution in [3.8, 4) is 5.75 Å². The minimum absolute atomic E-state index is 0.216. The van der Waals surface area contributed by atoms with Crippen LogP contribution in [0.4, 0.5) is 32.0 Å². The van der Waals surface area contributed by atoms with Crippen molar-refractivity contribution in [2.45, 2.75) is 44.2 Å². The Balaban J connectivity index is 2.00. The second-order valence-corrected chi connectivity index (χ2v) is 9.08. The van der Waals surface area contributed by atoms with Gasteiger partial charge in [-0.3, -0.25) is 14.4 Å². The molecule has 0 unspecified atom stereocenters. The summed E-state index contributed by atoms with van der Waals surface area (Å²) in [6.45, 7) is 0. The van der Waals surface area contributed by atoms with Gasteiger partial charge in [-0.1, -0.05) is 30.3 Å². The van der Waals surface area contributed by atoms with Gasteiger partial charge in [-0.05, 0) is 31.0 Å². The van der Waals surface area contributed by atoms with E-state index in [0.717, 1.165) is 0 Å². The van der Waals surface area contributed by atoms with Gasteiger partial charge in [-0.2, -0.15) is 26.3 Å². The number of amides is 3. The number of hydrogen-bond acceptors (Lipinski definition) is 5. The van der Waals surface area contributed by atoms with Crippen molar-refractivity contribution in [2.24, 2.45) is 22.6 Å². The van der Waals surface area contributed by atoms with Gasteiger partial charge >= 0.3 is 12.4 Å². The Kier molecular flexibility index (Phi) is 9.43. The number of nitrogens with one attached hydrogen (secondary N) is 2. The number of primary amides is 1. The summed E-state index contributed by atoms with van der Waals surface area (Å²) in [5.41, 5.74) is 6.66. The summed E-state index contributed by atoms with van der Waals surface area (Å²) in [5.74, 6) is -6.88. The van der Waals surface area contributed by atoms with Crippen molar-refractivity contribution >= 4 is 29.1 Å². The van der Waals surface area contributed by atoms with Crippen LogP contribution in [0.5, 0.6) is 5.75 Å². The normalized spacial score (nSPS) is 17.0. The zero-order chi connectivity index (χ0) is 29.7. The fraction of sp³-hybridized carbons (Fsp3) is 0.385. The number of halogens is 6. The molecule has 40 heavy (non-hydrogen) atoms. The van der Waals surface area contributed by atoms with E-state index in [-0.39, 0.29) is 5.71 Å². The van der Waals surface area contributed by atoms with Gasteiger partial charge in [0.15, 0.2) is 0 Å². The van der Waals surface area contributed by atoms with Crippen LogP contribution in [0.25, 0.3) is 0 Å². The van der Waals surface area contributed by atoms with Crippen molar-refractivity contribution in [3.63, 3.8) is 0 Å². The van der Waals surface area contributed by atoms with Crippen LogP contribution in [0, 0.1) is 11.8 Å². The maximum Gasteiger partial charge on any atom is 0.389 e. The van der Waals surface area contributed by atoms with Crippen LogP contribution in [-0.2, 0) is 14.4 Å². The van der Waals surface area contributed by atoms with Gasteiger partial charge in [0.1, 0.15) is 5.75 Å². The Labute approximate surface area is 225 Å². The van der Waals surface area contributed by atoms with Crippen molar-refractivity contribution in [2.75, 3.05) is 12.4 Å². The van der Waals surface area contributed by atoms with Gasteiger partial charge in [0.05, 0.1) is 18.5 Å². The van der Waals surface area contributed by atoms with Crippen molar-refractivity contribution in [3.05, 3.63) is 59.7 Å². The second kappa shape index (κ2) is 12.4. The molecule has 2 aromatic rings. The third-order valence-electron chi connectivity index (χ3n) is 6.24. The number of anilines is 1. The number of alkyl halides is 6. The van der Waals surface area contributed by atoms with E-state index < -0.39 is 73.8 Å². The molecule has 8 nitrogen and oxygen atoms in total. The highest BCUT2D eigenvalue weighted by Gasteiger charge is 2.40. The average molecular weight is 573 g/mol. The summed E-state index contributed by atoms with van der Waals surface area (Å²) in [7, 11) is 1.42. The number of benzene rings is 2. The fourth-order valence-corrected chi connectivity index (χ4v) is 4.27. The van der Waals surface area contributed by atoms with Crippen LogP contribution < -0.4 is 21.1 Å². The molecule has 3 amide bonds. The molecule has 2 aromatic carbocycles. The summed E-state index contributed by atoms with van der Waals surface area (Å²) in [6, 6.07) is 13.1. The molecule has 0 aromatic heterocycles. The zero-order valence-electron chi connectivity index (χ0n) is 21.1. The summed E-state index contributed by atoms with van der Waals surface area (Å²) in [6.07, 6.45) is -16.4. The minimum Gasteiger partial charge on any atom is -0.497 e. The smallest absolute Gasteiger partial charge is 0.389 e. The summed E-state index contributed by atoms with van der Waals surface area (Å²) >= 11 is 0. The average Bonchev–Trinajstić information content (AvgIpc) is 3.00. The van der Waals surface area contributed by atoms with Crippen LogP contribution in [0.15, 0.2) is 53.5 Å². The lowest BCUT2D eigenvalue weighted by Gasteiger charge is -2.26. The highest BCUT2D eigenvalue weighted by molar-refractivity contribution is 6.20. The summed E-state index contributed by atoms with van der Waals surface area (Å²) < 4.78 is 82.9. The number of hydrogen-bond donors (Lipinski definition) is 3. The van der Waals surface area contributed by atoms with E-state index in [1.54, 1.807) is 42.5 Å². The Morgan fingerprint density at radius 2 is 1.60 bits per heavy atom. The predicted octanol–water partition coefficient (Wildman–Crippen LogP) is 4.33. The minimum atomic E-state index is -4.77. The number of methoxy groups -OCH3 is 1. The number of nitrogens with two attached hydrogens (primary N) is 1. The van der Waals surface area contributed by atoms with E-state index >= 15 is 0 Å². The molecule has 0 bridgehead atoms. The molecule has 0 saturated carbocycles. The van der Waals surface area contributed by atoms with E-state index in [1.807, 2.05) is 0 Å². The largest absolute Gasteiger partial charge is 0.497 e. The monoisotopic (exact) mass is 572 g/mol. The van der Waals surface area contributed by atoms with E-state index in [1.165, 1.54) is 13.2 Å². The summed E-state index contributed by atoms with van der Waals surface area (Å²) in [4.78, 5) is 42.7. The van der Waals surface area contributed by atoms with E-state index in [0.29, 0.717) is 22.6 Å². The van der Waals surface area contributed by atoms with Crippen molar-refractivity contribution in [1.82, 2.24) is 5.32 Å². The molecular weight excluding hydrogens is 546 g/mol. The predicted molar refractivity (Wildman–Crippen MR) is 132 cm³/mol. The van der Waals surface area contributed by atoms with Crippen LogP contribution in [-0.4, -0.2) is 49.1 Å². The van der Waals surface area contributed by atoms with Gasteiger partial charge in [0.25, 0.3) is 5.91 Å². The van der Waals surface area contributed by atoms with Crippen LogP contribution >= 0.6 is 0 Å². The second-order valence-electron chi connectivity index (χ2n) is 9.08. The molecule has 4 N–H and O–H groups in total. The molecular formula is C26H26F6N4O4. The number of aliphatic imine (C=N–C) groups is 1. The number of benzodiazepines with no additional fused rings is 1. The number of nitrogens with zero attached hydrogens (tertiary/aromatic N) is 1. The lowest BCUT2D eigenvalue weighted by Crippen LogP contribution is -2.48.